The van der Waals surface area contributed by atoms with Gasteiger partial charge in [0.2, 0.25) is 0 Å². The minimum Gasteiger partial charge on any atom is -0.507 e. The highest BCUT2D eigenvalue weighted by atomic mass is 19.4. The lowest BCUT2D eigenvalue weighted by molar-refractivity contribution is -0.192. The number of rotatable bonds is 4. The van der Waals surface area contributed by atoms with Crippen LogP contribution in [-0.2, 0) is 11.2 Å². The number of pyridine rings is 1. The molecule has 0 bridgehead atoms. The van der Waals surface area contributed by atoms with Gasteiger partial charge in [0, 0.05) is 47.7 Å². The number of carbonyl (C=O) groups excluding carboxylic acids is 2. The molecular formula is C27H27F3N4O5. The van der Waals surface area contributed by atoms with Gasteiger partial charge in [0.25, 0.3) is 11.8 Å². The van der Waals surface area contributed by atoms with E-state index in [1.165, 1.54) is 6.42 Å². The van der Waals surface area contributed by atoms with Crippen LogP contribution in [0.25, 0.3) is 22.5 Å². The van der Waals surface area contributed by atoms with Gasteiger partial charge in [-0.3, -0.25) is 14.6 Å². The van der Waals surface area contributed by atoms with E-state index >= 15 is 0 Å². The maximum Gasteiger partial charge on any atom is 0.490 e. The molecule has 3 heterocycles. The molecule has 5 rings (SSSR count). The second-order valence-corrected chi connectivity index (χ2v) is 9.35. The summed E-state index contributed by atoms with van der Waals surface area (Å²) in [5, 5.41) is 23.6. The number of aromatic amines is 1. The summed E-state index contributed by atoms with van der Waals surface area (Å²) in [5.41, 5.74) is 5.03. The van der Waals surface area contributed by atoms with Gasteiger partial charge in [-0.25, -0.2) is 4.79 Å². The molecule has 0 unspecified atom stereocenters. The largest absolute Gasteiger partial charge is 0.507 e. The van der Waals surface area contributed by atoms with E-state index in [9.17, 15) is 27.9 Å². The van der Waals surface area contributed by atoms with Crippen LogP contribution in [0.3, 0.4) is 0 Å². The third-order valence-corrected chi connectivity index (χ3v) is 6.60. The summed E-state index contributed by atoms with van der Waals surface area (Å²) in [6.07, 6.45) is 2.86. The van der Waals surface area contributed by atoms with Crippen LogP contribution in [0.1, 0.15) is 58.5 Å². The highest BCUT2D eigenvalue weighted by Crippen LogP contribution is 2.30. The second kappa shape index (κ2) is 11.6. The number of aromatic nitrogens is 2. The zero-order valence-electron chi connectivity index (χ0n) is 20.8. The van der Waals surface area contributed by atoms with Crippen molar-refractivity contribution in [2.75, 3.05) is 6.54 Å². The second-order valence-electron chi connectivity index (χ2n) is 9.35. The van der Waals surface area contributed by atoms with E-state index in [0.29, 0.717) is 23.4 Å². The van der Waals surface area contributed by atoms with Gasteiger partial charge in [-0.1, -0.05) is 25.3 Å². The Bertz CT molecular complexity index is 1380. The molecule has 0 saturated heterocycles. The number of fused-ring (bicyclic) bond motifs is 1. The van der Waals surface area contributed by atoms with Crippen LogP contribution < -0.4 is 10.6 Å². The van der Waals surface area contributed by atoms with Crippen molar-refractivity contribution in [1.82, 2.24) is 20.6 Å². The fraction of sp³-hybridized carbons (Fsp3) is 0.333. The Morgan fingerprint density at radius 1 is 1.03 bits per heavy atom. The predicted molar refractivity (Wildman–Crippen MR) is 135 cm³/mol. The number of nitrogens with zero attached hydrogens (tertiary/aromatic N) is 1. The SMILES string of the molecule is O=C(NC1CCCCC1)c1ccc(-c2cc(-c3cc4c([nH]3)CCNC4=O)ccn2)cc1O.O=C(O)C(F)(F)F. The zero-order valence-corrected chi connectivity index (χ0v) is 20.8. The first-order valence-electron chi connectivity index (χ1n) is 12.4. The molecule has 2 aliphatic rings. The summed E-state index contributed by atoms with van der Waals surface area (Å²) in [7, 11) is 0. The average Bonchev–Trinajstić information content (AvgIpc) is 3.35. The quantitative estimate of drug-likeness (QED) is 0.329. The number of benzene rings is 1. The molecule has 39 heavy (non-hydrogen) atoms. The van der Waals surface area contributed by atoms with Gasteiger partial charge in [0.1, 0.15) is 5.75 Å². The molecule has 0 atom stereocenters. The van der Waals surface area contributed by atoms with E-state index in [0.717, 1.165) is 49.1 Å². The fourth-order valence-corrected chi connectivity index (χ4v) is 4.60. The number of aliphatic carboxylic acids is 1. The zero-order chi connectivity index (χ0) is 28.2. The number of nitrogens with one attached hydrogen (secondary N) is 3. The summed E-state index contributed by atoms with van der Waals surface area (Å²) in [6.45, 7) is 0.632. The highest BCUT2D eigenvalue weighted by molar-refractivity contribution is 5.98. The van der Waals surface area contributed by atoms with Crippen LogP contribution in [0.2, 0.25) is 0 Å². The van der Waals surface area contributed by atoms with E-state index in [1.54, 1.807) is 24.4 Å². The van der Waals surface area contributed by atoms with Crippen molar-refractivity contribution < 1.29 is 37.8 Å². The third kappa shape index (κ3) is 6.75. The molecule has 12 heteroatoms. The normalized spacial score (nSPS) is 15.4. The number of alkyl halides is 3. The number of phenolic OH excluding ortho intramolecular Hbond substituents is 1. The van der Waals surface area contributed by atoms with E-state index in [2.05, 4.69) is 20.6 Å². The number of aromatic hydroxyl groups is 1. The van der Waals surface area contributed by atoms with Crippen LogP contribution in [-0.4, -0.2) is 56.7 Å². The molecule has 3 aromatic rings. The summed E-state index contributed by atoms with van der Waals surface area (Å²) in [6, 6.07) is 10.9. The first-order valence-corrected chi connectivity index (χ1v) is 12.4. The van der Waals surface area contributed by atoms with Gasteiger partial charge >= 0.3 is 12.1 Å². The molecular weight excluding hydrogens is 517 g/mol. The molecule has 9 nitrogen and oxygen atoms in total. The summed E-state index contributed by atoms with van der Waals surface area (Å²) in [5.74, 6) is -3.12. The first-order chi connectivity index (χ1) is 18.5. The van der Waals surface area contributed by atoms with Crippen LogP contribution in [0.15, 0.2) is 42.6 Å². The Hall–Kier alpha value is -4.35. The lowest BCUT2D eigenvalue weighted by Crippen LogP contribution is -2.36. The highest BCUT2D eigenvalue weighted by Gasteiger charge is 2.38. The Balaban J connectivity index is 0.000000448. The van der Waals surface area contributed by atoms with Crippen molar-refractivity contribution in [3.8, 4) is 28.3 Å². The molecule has 2 aromatic heterocycles. The Kier molecular flexibility index (Phi) is 8.22. The van der Waals surface area contributed by atoms with Crippen molar-refractivity contribution in [1.29, 1.82) is 0 Å². The van der Waals surface area contributed by atoms with Crippen molar-refractivity contribution in [2.45, 2.75) is 50.7 Å². The Labute approximate surface area is 221 Å². The van der Waals surface area contributed by atoms with Gasteiger partial charge < -0.3 is 25.8 Å². The number of phenols is 1. The molecule has 1 fully saturated rings. The average molecular weight is 545 g/mol. The van der Waals surface area contributed by atoms with Crippen molar-refractivity contribution in [2.24, 2.45) is 0 Å². The van der Waals surface area contributed by atoms with E-state index in [1.807, 2.05) is 18.2 Å². The monoisotopic (exact) mass is 544 g/mol. The molecule has 2 amide bonds. The number of carboxylic acids is 1. The third-order valence-electron chi connectivity index (χ3n) is 6.60. The molecule has 1 aliphatic heterocycles. The number of hydrogen-bond acceptors (Lipinski definition) is 5. The number of carbonyl (C=O) groups is 3. The van der Waals surface area contributed by atoms with Gasteiger partial charge in [0.15, 0.2) is 0 Å². The van der Waals surface area contributed by atoms with E-state index < -0.39 is 12.1 Å². The first kappa shape index (κ1) is 27.7. The fourth-order valence-electron chi connectivity index (χ4n) is 4.60. The Morgan fingerprint density at radius 2 is 1.74 bits per heavy atom. The molecule has 1 aliphatic carbocycles. The maximum atomic E-state index is 12.6. The van der Waals surface area contributed by atoms with Crippen molar-refractivity contribution in [3.63, 3.8) is 0 Å². The van der Waals surface area contributed by atoms with E-state index in [4.69, 9.17) is 9.90 Å². The van der Waals surface area contributed by atoms with Crippen LogP contribution >= 0.6 is 0 Å². The molecule has 1 aromatic carbocycles. The smallest absolute Gasteiger partial charge is 0.490 e. The van der Waals surface area contributed by atoms with Crippen LogP contribution in [0.4, 0.5) is 13.2 Å². The number of halogens is 3. The molecule has 5 N–H and O–H groups in total. The standard InChI is InChI=1S/C25H26N4O3.C2HF3O2/c30-23-13-15(6-7-18(23)25(32)28-17-4-2-1-3-5-17)21-12-16(8-10-26-21)22-14-19-20(29-22)9-11-27-24(19)31;3-2(4,5)1(6)7/h6-8,10,12-14,17,29-30H,1-5,9,11H2,(H,27,31)(H,28,32);(H,6,7). The lowest BCUT2D eigenvalue weighted by Gasteiger charge is -2.23. The van der Waals surface area contributed by atoms with Crippen molar-refractivity contribution in [3.05, 3.63) is 59.4 Å². The van der Waals surface area contributed by atoms with Crippen molar-refractivity contribution >= 4 is 17.8 Å². The van der Waals surface area contributed by atoms with Crippen LogP contribution in [0, 0.1) is 0 Å². The maximum absolute atomic E-state index is 12.6. The number of hydrogen-bond donors (Lipinski definition) is 5. The summed E-state index contributed by atoms with van der Waals surface area (Å²) in [4.78, 5) is 41.4. The number of H-pyrrole nitrogens is 1. The lowest BCUT2D eigenvalue weighted by atomic mass is 9.95. The number of amides is 2. The van der Waals surface area contributed by atoms with Gasteiger partial charge in [-0.2, -0.15) is 13.2 Å². The van der Waals surface area contributed by atoms with E-state index in [-0.39, 0.29) is 29.2 Å². The summed E-state index contributed by atoms with van der Waals surface area (Å²) >= 11 is 0. The molecule has 0 spiro atoms. The summed E-state index contributed by atoms with van der Waals surface area (Å²) < 4.78 is 31.7. The minimum atomic E-state index is -5.08. The molecule has 1 saturated carbocycles. The minimum absolute atomic E-state index is 0.0601. The van der Waals surface area contributed by atoms with Crippen LogP contribution in [0.5, 0.6) is 5.75 Å². The number of carboxylic acid groups (broad SMARTS) is 1. The molecule has 0 radical (unpaired) electrons. The Morgan fingerprint density at radius 3 is 2.38 bits per heavy atom. The predicted octanol–water partition coefficient (Wildman–Crippen LogP) is 4.43. The van der Waals surface area contributed by atoms with Gasteiger partial charge in [-0.15, -0.1) is 0 Å². The van der Waals surface area contributed by atoms with Gasteiger partial charge in [-0.05, 0) is 43.2 Å². The topological polar surface area (TPSA) is 144 Å². The molecule has 206 valence electrons. The van der Waals surface area contributed by atoms with Gasteiger partial charge in [0.05, 0.1) is 16.8 Å².